The second kappa shape index (κ2) is 90.9. The van der Waals surface area contributed by atoms with Gasteiger partial charge < -0.3 is 55.5 Å². The molecule has 139 heavy (non-hydrogen) atoms. The van der Waals surface area contributed by atoms with E-state index in [2.05, 4.69) is 243 Å². The fraction of sp³-hybridized carbons (Fsp3) is 0.758. The molecular weight excluding hydrogens is 1750 g/mol. The maximum atomic E-state index is 12.6. The lowest BCUT2D eigenvalue weighted by atomic mass is 9.94. The van der Waals surface area contributed by atoms with Gasteiger partial charge in [-0.05, 0) is 261 Å². The van der Waals surface area contributed by atoms with E-state index in [1.54, 1.807) is 67.2 Å². The number of likely N-dealkylation sites (tertiary alicyclic amines) is 1. The molecule has 19 heteroatoms. The first kappa shape index (κ1) is 145. The number of allylic oxidation sites excluding steroid dienone is 5. The maximum Gasteiger partial charge on any atom is 0.224 e. The summed E-state index contributed by atoms with van der Waals surface area (Å²) in [5, 5.41) is 21.8. The monoisotopic (exact) mass is 1970 g/mol. The Labute approximate surface area is 865 Å². The number of amides is 5. The molecule has 3 saturated carbocycles. The van der Waals surface area contributed by atoms with Crippen molar-refractivity contribution in [3.8, 4) is 6.07 Å². The van der Waals surface area contributed by atoms with E-state index in [0.29, 0.717) is 108 Å². The second-order valence-corrected chi connectivity index (χ2v) is 45.3. The van der Waals surface area contributed by atoms with Crippen molar-refractivity contribution in [1.29, 1.82) is 5.26 Å². The van der Waals surface area contributed by atoms with Gasteiger partial charge in [0.1, 0.15) is 11.6 Å². The van der Waals surface area contributed by atoms with E-state index in [1.165, 1.54) is 157 Å². The second-order valence-electron chi connectivity index (χ2n) is 44.9. The summed E-state index contributed by atoms with van der Waals surface area (Å²) in [6.07, 6.45) is 39.2. The van der Waals surface area contributed by atoms with Gasteiger partial charge in [0.15, 0.2) is 0 Å². The smallest absolute Gasteiger partial charge is 0.224 e. The van der Waals surface area contributed by atoms with Crippen LogP contribution in [-0.4, -0.2) is 158 Å². The minimum absolute atomic E-state index is 0. The van der Waals surface area contributed by atoms with Crippen LogP contribution in [0.3, 0.4) is 0 Å². The molecule has 1 saturated heterocycles. The van der Waals surface area contributed by atoms with Crippen molar-refractivity contribution in [3.05, 3.63) is 121 Å². The van der Waals surface area contributed by atoms with Gasteiger partial charge >= 0.3 is 0 Å². The first-order valence-corrected chi connectivity index (χ1v) is 54.4. The zero-order valence-electron chi connectivity index (χ0n) is 96.3. The molecule has 0 aromatic heterocycles. The van der Waals surface area contributed by atoms with Gasteiger partial charge in [-0.25, -0.2) is 4.39 Å². The van der Waals surface area contributed by atoms with Crippen molar-refractivity contribution in [3.63, 3.8) is 0 Å². The van der Waals surface area contributed by atoms with Crippen LogP contribution in [0.15, 0.2) is 110 Å². The molecule has 4 aliphatic rings. The van der Waals surface area contributed by atoms with Crippen LogP contribution in [0, 0.1) is 94.1 Å². The topological polar surface area (TPSA) is 194 Å². The molecule has 0 unspecified atom stereocenters. The molecule has 1 heterocycles. The molecule has 0 atom stereocenters. The normalized spacial score (nSPS) is 13.2. The van der Waals surface area contributed by atoms with E-state index >= 15 is 0 Å². The fourth-order valence-corrected chi connectivity index (χ4v) is 14.7. The summed E-state index contributed by atoms with van der Waals surface area (Å²) in [6, 6.07) is 17.5. The van der Waals surface area contributed by atoms with E-state index in [9.17, 15) is 33.2 Å². The average Bonchev–Trinajstić information content (AvgIpc) is 1.68. The standard InChI is InChI=1S/C12H16FN.2C12H23NO.C12H23N.C12H25N.C11H14ClNO.C11H21N.2C8H17NO.C8H17N.C7H14O.C6H11N.CH4/c1-9(2)8-10(3)14-12-6-4-11(13)5-7-12;1-10(2)9-12(14)13(3)11-7-5-4-6-8-11;1-11(2)7-6-8-12(14)13-9-4-3-5-10-13;1-10(2)9-11(3)13-12-7-5-4-6-8-12;1-10(2)7-8-13(6)12(5)9-11(3)4;1-8(2)7-11(14)13-10-5-3-9(12)4-6-10;1-9(2)8-10(3)12-11-6-4-5-7-11;1-7(2)5-6-8(10)9(3)4;1-5-9(4)8(10)6-7(2)3;1-7(2)6-8(3)9(4)5;1-6(2)4-5-7(3)8;1-6(2)4-3-5-7;/h4-7,9,14H,3,8H2,1-2H3;10-11H,4-9H2,1-3H3;11H,3-10H2,1-2H3;10,12-13H,3-9H2,1-2H3;10-11H,5,7-9H2,1-4,6H3;3-6,8H,7H2,1-2H3,(H,13,14);9,11-12H,3-8H2,1-2H3;2*7H,5-6H2,1-4H3;7H,3,6H2,1-2,4-5H3;6H,4-5H2,1-3H3;6H,3-4H2,1-2H3;1H4. The van der Waals surface area contributed by atoms with Crippen LogP contribution in [0.2, 0.25) is 5.02 Å². The van der Waals surface area contributed by atoms with Gasteiger partial charge in [0.2, 0.25) is 29.5 Å². The number of Topliss-reactive ketones (excluding diaryl/α,β-unsaturated/α-hetero) is 1. The van der Waals surface area contributed by atoms with Crippen molar-refractivity contribution >= 4 is 58.3 Å². The summed E-state index contributed by atoms with van der Waals surface area (Å²) < 4.78 is 12.6. The van der Waals surface area contributed by atoms with Crippen LogP contribution < -0.4 is 21.3 Å². The highest BCUT2D eigenvalue weighted by molar-refractivity contribution is 6.30. The average molecular weight is 1970 g/mol. The highest BCUT2D eigenvalue weighted by Crippen LogP contribution is 2.26. The van der Waals surface area contributed by atoms with Crippen LogP contribution in [0.4, 0.5) is 15.8 Å². The lowest BCUT2D eigenvalue weighted by Gasteiger charge is -2.31. The Balaban J connectivity index is -0.000000275. The fourth-order valence-electron chi connectivity index (χ4n) is 14.6. The summed E-state index contributed by atoms with van der Waals surface area (Å²) in [5.74, 6) is 9.60. The molecule has 3 aliphatic carbocycles. The van der Waals surface area contributed by atoms with Gasteiger partial charge in [-0.2, -0.15) is 5.26 Å². The predicted molar refractivity (Wildman–Crippen MR) is 609 cm³/mol. The molecule has 5 amide bonds. The van der Waals surface area contributed by atoms with Gasteiger partial charge in [-0.3, -0.25) is 24.0 Å². The van der Waals surface area contributed by atoms with Crippen LogP contribution in [0.5, 0.6) is 0 Å². The molecule has 4 N–H and O–H groups in total. The number of hydrogen-bond acceptors (Lipinski definition) is 12. The molecule has 0 radical (unpaired) electrons. The summed E-state index contributed by atoms with van der Waals surface area (Å²) in [6.45, 7) is 83.8. The third-order valence-electron chi connectivity index (χ3n) is 22.9. The lowest BCUT2D eigenvalue weighted by molar-refractivity contribution is -0.133. The quantitative estimate of drug-likeness (QED) is 0.0492. The number of nitrogens with one attached hydrogen (secondary N) is 4. The molecule has 4 fully saturated rings. The number of benzene rings is 2. The van der Waals surface area contributed by atoms with Crippen molar-refractivity contribution in [1.82, 2.24) is 40.0 Å². The highest BCUT2D eigenvalue weighted by Gasteiger charge is 2.23. The molecule has 1 aliphatic heterocycles. The van der Waals surface area contributed by atoms with Crippen molar-refractivity contribution < 1.29 is 33.2 Å². The zero-order valence-corrected chi connectivity index (χ0v) is 97.1. The predicted octanol–water partition coefficient (Wildman–Crippen LogP) is 32.6. The number of rotatable bonds is 42. The molecule has 0 spiro atoms. The van der Waals surface area contributed by atoms with Gasteiger partial charge in [-0.1, -0.05) is 290 Å². The van der Waals surface area contributed by atoms with E-state index in [1.807, 2.05) is 58.8 Å². The van der Waals surface area contributed by atoms with Crippen LogP contribution in [-0.2, 0) is 28.8 Å². The van der Waals surface area contributed by atoms with Crippen LogP contribution in [0.25, 0.3) is 0 Å². The number of hydrogen-bond donors (Lipinski definition) is 4. The Morgan fingerprint density at radius 2 is 0.777 bits per heavy atom. The number of carbonyl (C=O) groups is 6. The number of ketones is 1. The third kappa shape index (κ3) is 101. The summed E-state index contributed by atoms with van der Waals surface area (Å²) in [7, 11) is 13.6. The van der Waals surface area contributed by atoms with Crippen LogP contribution in [0.1, 0.15) is 426 Å². The van der Waals surface area contributed by atoms with Gasteiger partial charge in [0.25, 0.3) is 0 Å². The minimum Gasteiger partial charge on any atom is -0.386 e. The molecule has 6 rings (SSSR count). The summed E-state index contributed by atoms with van der Waals surface area (Å²) in [5.41, 5.74) is 7.60. The first-order valence-electron chi connectivity index (χ1n) is 54.0. The van der Waals surface area contributed by atoms with Crippen LogP contribution >= 0.6 is 11.6 Å². The number of anilines is 2. The van der Waals surface area contributed by atoms with Crippen molar-refractivity contribution in [2.24, 2.45) is 76.9 Å². The first-order chi connectivity index (χ1) is 64.3. The van der Waals surface area contributed by atoms with E-state index < -0.39 is 0 Å². The Hall–Kier alpha value is -7.13. The molecule has 810 valence electrons. The van der Waals surface area contributed by atoms with Gasteiger partial charge in [-0.15, -0.1) is 0 Å². The van der Waals surface area contributed by atoms with E-state index in [4.69, 9.17) is 16.9 Å². The van der Waals surface area contributed by atoms with Gasteiger partial charge in [0, 0.05) is 183 Å². The Morgan fingerprint density at radius 3 is 1.14 bits per heavy atom. The highest BCUT2D eigenvalue weighted by atomic mass is 35.5. The van der Waals surface area contributed by atoms with E-state index in [0.717, 1.165) is 156 Å². The summed E-state index contributed by atoms with van der Waals surface area (Å²) in [4.78, 5) is 79.1. The number of nitriles is 1. The number of nitrogens with zero attached hydrogens (tertiary/aromatic N) is 7. The maximum absolute atomic E-state index is 12.6. The minimum atomic E-state index is -0.218. The summed E-state index contributed by atoms with van der Waals surface area (Å²) >= 11 is 5.72. The molecule has 2 aromatic rings. The number of piperidine rings is 1. The Bertz CT molecular complexity index is 3370. The lowest BCUT2D eigenvalue weighted by Crippen LogP contribution is -2.38. The Kier molecular flexibility index (Phi) is 94.7. The molecule has 17 nitrogen and oxygen atoms in total. The van der Waals surface area contributed by atoms with Crippen molar-refractivity contribution in [2.45, 2.75) is 444 Å². The Morgan fingerprint density at radius 1 is 0.410 bits per heavy atom. The van der Waals surface area contributed by atoms with Gasteiger partial charge in [0.05, 0.1) is 6.07 Å². The molecule has 0 bridgehead atoms. The molecular formula is C120H225ClFN11O6. The van der Waals surface area contributed by atoms with Crippen molar-refractivity contribution in [2.75, 3.05) is 86.1 Å². The van der Waals surface area contributed by atoms with E-state index in [-0.39, 0.29) is 31.0 Å². The molecule has 2 aromatic carbocycles. The zero-order chi connectivity index (χ0) is 107. The number of halogens is 2. The third-order valence-corrected chi connectivity index (χ3v) is 23.2. The number of carbonyl (C=O) groups excluding carboxylic acids is 6. The largest absolute Gasteiger partial charge is 0.386 e. The SMILES string of the molecule is C.C=C(CC(C)C)N(C)C.C=C(CC(C)C)N(C)CCC(C)C.C=C(CC(C)C)NC1CCCC1.C=C(CC(C)C)NC1CCCCC1.C=C(CC(C)C)Nc1ccc(F)cc1.CC(=O)CCC(C)C.CC(C)CC(=O)N(C)C1CCCCC1.CC(C)CC(=O)Nc1ccc(Cl)cc1.CC(C)CCC#N.CC(C)CCC(=O)N(C)C.CC(C)CCCC(=O)N1CCCCC1.CCN(C)C(=O)CC(C)C.